The van der Waals surface area contributed by atoms with Crippen LogP contribution in [0.2, 0.25) is 0 Å². The summed E-state index contributed by atoms with van der Waals surface area (Å²) in [4.78, 5) is 37.4. The number of sulfone groups is 1. The molecule has 2 aromatic carbocycles. The molecule has 1 aliphatic heterocycles. The minimum absolute atomic E-state index is 0.0267. The van der Waals surface area contributed by atoms with Crippen LogP contribution in [0.5, 0.6) is 0 Å². The molecule has 1 aromatic heterocycles. The number of rotatable bonds is 5. The number of fused-ring (bicyclic) bond motifs is 1. The fourth-order valence-corrected chi connectivity index (χ4v) is 5.98. The first-order chi connectivity index (χ1) is 15.1. The van der Waals surface area contributed by atoms with Gasteiger partial charge in [0, 0.05) is 35.6 Å². The molecule has 3 aromatic rings. The van der Waals surface area contributed by atoms with Crippen molar-refractivity contribution in [2.75, 3.05) is 5.75 Å². The molecule has 0 saturated heterocycles. The maximum absolute atomic E-state index is 13.3. The lowest BCUT2D eigenvalue weighted by Gasteiger charge is -2.32. The average Bonchev–Trinajstić information content (AvgIpc) is 3.05. The molecule has 0 fully saturated rings. The van der Waals surface area contributed by atoms with Crippen molar-refractivity contribution in [1.82, 2.24) is 4.90 Å². The standard InChI is InChI=1S/C24H21NO6S/c1-16(27)25-20(17-6-4-3-5-7-17)13-24(2,22(25)14-26)15-32(29,30)19-10-8-18-9-11-23(28)31-21(18)12-19/h3-14,22H,15H2,1-2H3. The maximum Gasteiger partial charge on any atom is 0.336 e. The van der Waals surface area contributed by atoms with E-state index in [2.05, 4.69) is 0 Å². The third-order valence-corrected chi connectivity index (χ3v) is 7.65. The second kappa shape index (κ2) is 7.87. The Morgan fingerprint density at radius 1 is 1.12 bits per heavy atom. The van der Waals surface area contributed by atoms with Gasteiger partial charge in [-0.25, -0.2) is 13.2 Å². The second-order valence-electron chi connectivity index (χ2n) is 8.08. The molecule has 2 heterocycles. The molecule has 4 rings (SSSR count). The van der Waals surface area contributed by atoms with E-state index in [1.54, 1.807) is 49.4 Å². The third-order valence-electron chi connectivity index (χ3n) is 5.67. The van der Waals surface area contributed by atoms with Crippen LogP contribution in [0.15, 0.2) is 80.8 Å². The van der Waals surface area contributed by atoms with Crippen LogP contribution in [0.3, 0.4) is 0 Å². The summed E-state index contributed by atoms with van der Waals surface area (Å²) in [6.45, 7) is 3.00. The molecule has 32 heavy (non-hydrogen) atoms. The Kier molecular flexibility index (Phi) is 5.34. The summed E-state index contributed by atoms with van der Waals surface area (Å²) in [6, 6.07) is 15.2. The molecule has 2 atom stereocenters. The summed E-state index contributed by atoms with van der Waals surface area (Å²) in [7, 11) is -3.91. The minimum atomic E-state index is -3.91. The molecule has 0 bridgehead atoms. The van der Waals surface area contributed by atoms with Crippen molar-refractivity contribution in [3.8, 4) is 0 Å². The van der Waals surface area contributed by atoms with E-state index in [0.29, 0.717) is 22.9 Å². The molecule has 0 saturated carbocycles. The molecular weight excluding hydrogens is 430 g/mol. The van der Waals surface area contributed by atoms with Gasteiger partial charge >= 0.3 is 5.63 Å². The summed E-state index contributed by atoms with van der Waals surface area (Å²) in [5.74, 6) is -0.766. The number of aldehydes is 1. The zero-order valence-electron chi connectivity index (χ0n) is 17.5. The third kappa shape index (κ3) is 3.78. The zero-order chi connectivity index (χ0) is 23.1. The maximum atomic E-state index is 13.3. The Balaban J connectivity index is 1.79. The van der Waals surface area contributed by atoms with Gasteiger partial charge < -0.3 is 14.1 Å². The number of benzene rings is 2. The predicted molar refractivity (Wildman–Crippen MR) is 119 cm³/mol. The van der Waals surface area contributed by atoms with Crippen LogP contribution < -0.4 is 5.63 Å². The summed E-state index contributed by atoms with van der Waals surface area (Å²) >= 11 is 0. The molecule has 1 amide bonds. The molecule has 8 heteroatoms. The number of carbonyl (C=O) groups is 2. The lowest BCUT2D eigenvalue weighted by molar-refractivity contribution is -0.131. The Hall–Kier alpha value is -3.52. The first kappa shape index (κ1) is 21.7. The van der Waals surface area contributed by atoms with Crippen molar-refractivity contribution < 1.29 is 22.4 Å². The minimum Gasteiger partial charge on any atom is -0.423 e. The van der Waals surface area contributed by atoms with E-state index in [-0.39, 0.29) is 16.4 Å². The monoisotopic (exact) mass is 451 g/mol. The van der Waals surface area contributed by atoms with E-state index in [0.717, 1.165) is 0 Å². The summed E-state index contributed by atoms with van der Waals surface area (Å²) in [6.07, 6.45) is 2.30. The highest BCUT2D eigenvalue weighted by Gasteiger charge is 2.48. The van der Waals surface area contributed by atoms with E-state index in [1.165, 1.54) is 30.0 Å². The quantitative estimate of drug-likeness (QED) is 0.437. The topological polar surface area (TPSA) is 102 Å². The SMILES string of the molecule is CC(=O)N1C(c2ccccc2)=CC(C)(CS(=O)(=O)c2ccc3ccc(=O)oc3c2)C1C=O. The van der Waals surface area contributed by atoms with Crippen LogP contribution >= 0.6 is 0 Å². The van der Waals surface area contributed by atoms with E-state index < -0.39 is 32.7 Å². The number of nitrogens with zero attached hydrogens (tertiary/aromatic N) is 1. The zero-order valence-corrected chi connectivity index (χ0v) is 18.3. The Morgan fingerprint density at radius 3 is 2.47 bits per heavy atom. The molecule has 164 valence electrons. The van der Waals surface area contributed by atoms with Gasteiger partial charge in [-0.1, -0.05) is 43.3 Å². The highest BCUT2D eigenvalue weighted by molar-refractivity contribution is 7.91. The summed E-state index contributed by atoms with van der Waals surface area (Å²) < 4.78 is 31.8. The largest absolute Gasteiger partial charge is 0.423 e. The van der Waals surface area contributed by atoms with Crippen LogP contribution in [-0.2, 0) is 19.4 Å². The van der Waals surface area contributed by atoms with Crippen molar-refractivity contribution in [3.63, 3.8) is 0 Å². The van der Waals surface area contributed by atoms with Crippen LogP contribution in [0.4, 0.5) is 0 Å². The van der Waals surface area contributed by atoms with Gasteiger partial charge in [0.05, 0.1) is 10.6 Å². The molecule has 0 aliphatic carbocycles. The molecule has 1 aliphatic rings. The number of carbonyl (C=O) groups excluding carboxylic acids is 2. The van der Waals surface area contributed by atoms with Gasteiger partial charge in [0.1, 0.15) is 17.9 Å². The normalized spacial score (nSPS) is 20.9. The van der Waals surface area contributed by atoms with E-state index in [9.17, 15) is 22.8 Å². The van der Waals surface area contributed by atoms with Gasteiger partial charge in [-0.15, -0.1) is 0 Å². The smallest absolute Gasteiger partial charge is 0.336 e. The number of amides is 1. The van der Waals surface area contributed by atoms with E-state index >= 15 is 0 Å². The van der Waals surface area contributed by atoms with Crippen LogP contribution in [0, 0.1) is 5.41 Å². The van der Waals surface area contributed by atoms with Crippen molar-refractivity contribution in [1.29, 1.82) is 0 Å². The Labute approximate surface area is 184 Å². The molecule has 7 nitrogen and oxygen atoms in total. The molecular formula is C24H21NO6S. The molecule has 2 unspecified atom stereocenters. The van der Waals surface area contributed by atoms with Crippen molar-refractivity contribution >= 4 is 38.7 Å². The van der Waals surface area contributed by atoms with Gasteiger partial charge in [-0.05, 0) is 23.8 Å². The van der Waals surface area contributed by atoms with Crippen LogP contribution in [0.1, 0.15) is 19.4 Å². The average molecular weight is 452 g/mol. The van der Waals surface area contributed by atoms with Gasteiger partial charge in [0.15, 0.2) is 9.84 Å². The second-order valence-corrected chi connectivity index (χ2v) is 10.1. The lowest BCUT2D eigenvalue weighted by atomic mass is 9.86. The van der Waals surface area contributed by atoms with Gasteiger partial charge in [-0.3, -0.25) is 4.79 Å². The van der Waals surface area contributed by atoms with Crippen molar-refractivity contribution in [2.45, 2.75) is 24.8 Å². The first-order valence-corrected chi connectivity index (χ1v) is 11.6. The van der Waals surface area contributed by atoms with Gasteiger partial charge in [0.25, 0.3) is 0 Å². The van der Waals surface area contributed by atoms with Gasteiger partial charge in [0.2, 0.25) is 5.91 Å². The predicted octanol–water partition coefficient (Wildman–Crippen LogP) is 3.04. The van der Waals surface area contributed by atoms with Crippen molar-refractivity contribution in [3.05, 3.63) is 82.7 Å². The Bertz CT molecular complexity index is 1410. The van der Waals surface area contributed by atoms with E-state index in [4.69, 9.17) is 4.42 Å². The van der Waals surface area contributed by atoms with E-state index in [1.807, 2.05) is 6.07 Å². The highest BCUT2D eigenvalue weighted by Crippen LogP contribution is 2.43. The first-order valence-electron chi connectivity index (χ1n) is 9.95. The molecule has 0 N–H and O–H groups in total. The molecule has 0 spiro atoms. The lowest BCUT2D eigenvalue weighted by Crippen LogP contribution is -2.45. The van der Waals surface area contributed by atoms with Gasteiger partial charge in [-0.2, -0.15) is 0 Å². The van der Waals surface area contributed by atoms with Crippen LogP contribution in [-0.4, -0.2) is 37.3 Å². The molecule has 0 radical (unpaired) electrons. The summed E-state index contributed by atoms with van der Waals surface area (Å²) in [5.41, 5.74) is -0.374. The van der Waals surface area contributed by atoms with Crippen molar-refractivity contribution in [2.24, 2.45) is 5.41 Å². The fourth-order valence-electron chi connectivity index (χ4n) is 4.18. The number of hydrogen-bond donors (Lipinski definition) is 0. The summed E-state index contributed by atoms with van der Waals surface area (Å²) in [5, 5.41) is 0.593. The highest BCUT2D eigenvalue weighted by atomic mass is 32.2. The van der Waals surface area contributed by atoms with Crippen LogP contribution in [0.25, 0.3) is 16.7 Å². The number of hydrogen-bond acceptors (Lipinski definition) is 6. The fraction of sp³-hybridized carbons (Fsp3) is 0.208. The Morgan fingerprint density at radius 2 is 1.81 bits per heavy atom.